The fraction of sp³-hybridized carbons (Fsp3) is 0.130. The lowest BCUT2D eigenvalue weighted by Gasteiger charge is -2.19. The zero-order chi connectivity index (χ0) is 17.8. The summed E-state index contributed by atoms with van der Waals surface area (Å²) in [5, 5.41) is 2.30. The Hall–Kier alpha value is -3.22. The van der Waals surface area contributed by atoms with Crippen LogP contribution in [0.3, 0.4) is 0 Å². The summed E-state index contributed by atoms with van der Waals surface area (Å²) in [6.07, 6.45) is 5.59. The molecule has 0 aliphatic carbocycles. The average Bonchev–Trinajstić information content (AvgIpc) is 2.68. The highest BCUT2D eigenvalue weighted by molar-refractivity contribution is 5.79. The lowest BCUT2D eigenvalue weighted by Crippen LogP contribution is -2.24. The Morgan fingerprint density at radius 3 is 1.69 bits per heavy atom. The zero-order valence-electron chi connectivity index (χ0n) is 14.5. The number of aromatic nitrogens is 2. The van der Waals surface area contributed by atoms with E-state index in [-0.39, 0.29) is 0 Å². The fourth-order valence-corrected chi connectivity index (χ4v) is 3.15. The van der Waals surface area contributed by atoms with Crippen LogP contribution in [0.25, 0.3) is 21.8 Å². The smallest absolute Gasteiger partial charge is 0.0705 e. The standard InChI is InChI=1S/C23H19N3/c1-2-15-26(16-20-13-11-18-7-3-5-9-22(18)24-20)17-21-14-12-19-8-4-6-10-23(19)25-21/h1,3-14H,15-17H2. The van der Waals surface area contributed by atoms with Gasteiger partial charge in [0.25, 0.3) is 0 Å². The van der Waals surface area contributed by atoms with Crippen molar-refractivity contribution in [3.63, 3.8) is 0 Å². The van der Waals surface area contributed by atoms with E-state index >= 15 is 0 Å². The Bertz CT molecular complexity index is 1010. The summed E-state index contributed by atoms with van der Waals surface area (Å²) in [6.45, 7) is 1.95. The molecule has 4 aromatic rings. The molecule has 0 amide bonds. The molecule has 3 heteroatoms. The van der Waals surface area contributed by atoms with Crippen molar-refractivity contribution in [2.75, 3.05) is 6.54 Å². The number of terminal acetylenes is 1. The van der Waals surface area contributed by atoms with Crippen molar-refractivity contribution < 1.29 is 0 Å². The van der Waals surface area contributed by atoms with Crippen molar-refractivity contribution in [2.45, 2.75) is 13.1 Å². The second-order valence-electron chi connectivity index (χ2n) is 6.34. The largest absolute Gasteiger partial charge is 0.281 e. The minimum atomic E-state index is 0.559. The predicted octanol–water partition coefficient (Wildman–Crippen LogP) is 4.42. The molecule has 0 spiro atoms. The molecule has 0 saturated carbocycles. The monoisotopic (exact) mass is 337 g/mol. The van der Waals surface area contributed by atoms with Crippen molar-refractivity contribution in [1.29, 1.82) is 0 Å². The van der Waals surface area contributed by atoms with Gasteiger partial charge in [-0.1, -0.05) is 54.5 Å². The van der Waals surface area contributed by atoms with Gasteiger partial charge in [0.15, 0.2) is 0 Å². The van der Waals surface area contributed by atoms with Crippen LogP contribution in [0.5, 0.6) is 0 Å². The summed E-state index contributed by atoms with van der Waals surface area (Å²) in [5.74, 6) is 2.75. The third-order valence-electron chi connectivity index (χ3n) is 4.40. The van der Waals surface area contributed by atoms with E-state index in [9.17, 15) is 0 Å². The second kappa shape index (κ2) is 7.35. The Kier molecular flexibility index (Phi) is 4.59. The van der Waals surface area contributed by atoms with E-state index in [1.54, 1.807) is 0 Å². The third kappa shape index (κ3) is 3.56. The van der Waals surface area contributed by atoms with Gasteiger partial charge >= 0.3 is 0 Å². The normalized spacial score (nSPS) is 11.1. The first kappa shape index (κ1) is 16.3. The maximum atomic E-state index is 5.59. The Morgan fingerprint density at radius 2 is 1.19 bits per heavy atom. The average molecular weight is 337 g/mol. The molecule has 3 nitrogen and oxygen atoms in total. The fourth-order valence-electron chi connectivity index (χ4n) is 3.15. The molecule has 0 aliphatic rings. The van der Waals surface area contributed by atoms with Crippen LogP contribution < -0.4 is 0 Å². The molecule has 4 rings (SSSR count). The molecule has 0 aliphatic heterocycles. The number of rotatable bonds is 5. The summed E-state index contributed by atoms with van der Waals surface area (Å²) in [6, 6.07) is 24.7. The van der Waals surface area contributed by atoms with Crippen molar-refractivity contribution in [1.82, 2.24) is 14.9 Å². The quantitative estimate of drug-likeness (QED) is 0.505. The number of hydrogen-bond donors (Lipinski definition) is 0. The van der Waals surface area contributed by atoms with Gasteiger partial charge in [0, 0.05) is 23.9 Å². The summed E-state index contributed by atoms with van der Waals surface area (Å²) in [7, 11) is 0. The molecule has 0 unspecified atom stereocenters. The van der Waals surface area contributed by atoms with Gasteiger partial charge in [0.1, 0.15) is 0 Å². The van der Waals surface area contributed by atoms with E-state index in [0.717, 1.165) is 33.2 Å². The molecule has 2 aromatic carbocycles. The van der Waals surface area contributed by atoms with Gasteiger partial charge in [-0.05, 0) is 24.3 Å². The lowest BCUT2D eigenvalue weighted by molar-refractivity contribution is 0.284. The maximum Gasteiger partial charge on any atom is 0.0705 e. The molecule has 0 saturated heterocycles. The van der Waals surface area contributed by atoms with Crippen molar-refractivity contribution >= 4 is 21.8 Å². The van der Waals surface area contributed by atoms with Gasteiger partial charge < -0.3 is 0 Å². The van der Waals surface area contributed by atoms with E-state index in [2.05, 4.69) is 47.2 Å². The van der Waals surface area contributed by atoms with Crippen LogP contribution in [-0.2, 0) is 13.1 Å². The number of fused-ring (bicyclic) bond motifs is 2. The van der Waals surface area contributed by atoms with Crippen LogP contribution in [-0.4, -0.2) is 21.4 Å². The van der Waals surface area contributed by atoms with Gasteiger partial charge in [-0.3, -0.25) is 14.9 Å². The molecular formula is C23H19N3. The number of benzene rings is 2. The van der Waals surface area contributed by atoms with Gasteiger partial charge in [-0.2, -0.15) is 0 Å². The molecule has 2 heterocycles. The van der Waals surface area contributed by atoms with E-state index in [1.165, 1.54) is 0 Å². The molecule has 126 valence electrons. The topological polar surface area (TPSA) is 29.0 Å². The van der Waals surface area contributed by atoms with Gasteiger partial charge in [-0.15, -0.1) is 6.42 Å². The SMILES string of the molecule is C#CCN(Cc1ccc2ccccc2n1)Cc1ccc2ccccc2n1. The van der Waals surface area contributed by atoms with Gasteiger partial charge in [0.05, 0.1) is 29.0 Å². The molecular weight excluding hydrogens is 318 g/mol. The van der Waals surface area contributed by atoms with Gasteiger partial charge in [0.2, 0.25) is 0 Å². The second-order valence-corrected chi connectivity index (χ2v) is 6.34. The number of nitrogens with zero attached hydrogens (tertiary/aromatic N) is 3. The summed E-state index contributed by atoms with van der Waals surface area (Å²) in [4.78, 5) is 11.7. The van der Waals surface area contributed by atoms with Crippen LogP contribution in [0.4, 0.5) is 0 Å². The van der Waals surface area contributed by atoms with Crippen LogP contribution >= 0.6 is 0 Å². The number of hydrogen-bond acceptors (Lipinski definition) is 3. The molecule has 2 aromatic heterocycles. The first-order chi connectivity index (χ1) is 12.8. The minimum Gasteiger partial charge on any atom is -0.281 e. The third-order valence-corrected chi connectivity index (χ3v) is 4.40. The Labute approximate surface area is 153 Å². The van der Waals surface area contributed by atoms with E-state index in [0.29, 0.717) is 19.6 Å². The summed E-state index contributed by atoms with van der Waals surface area (Å²) < 4.78 is 0. The molecule has 0 N–H and O–H groups in total. The van der Waals surface area contributed by atoms with E-state index in [4.69, 9.17) is 16.4 Å². The van der Waals surface area contributed by atoms with Crippen molar-refractivity contribution in [2.24, 2.45) is 0 Å². The molecule has 26 heavy (non-hydrogen) atoms. The molecule has 0 bridgehead atoms. The van der Waals surface area contributed by atoms with Crippen LogP contribution in [0.1, 0.15) is 11.4 Å². The lowest BCUT2D eigenvalue weighted by atomic mass is 10.2. The Balaban J connectivity index is 1.56. The van der Waals surface area contributed by atoms with Crippen LogP contribution in [0.2, 0.25) is 0 Å². The van der Waals surface area contributed by atoms with E-state index in [1.807, 2.05) is 36.4 Å². The molecule has 0 fully saturated rings. The number of pyridine rings is 2. The van der Waals surface area contributed by atoms with Crippen LogP contribution in [0, 0.1) is 12.3 Å². The predicted molar refractivity (Wildman–Crippen MR) is 106 cm³/mol. The van der Waals surface area contributed by atoms with Crippen molar-refractivity contribution in [3.8, 4) is 12.3 Å². The Morgan fingerprint density at radius 1 is 0.692 bits per heavy atom. The van der Waals surface area contributed by atoms with E-state index < -0.39 is 0 Å². The number of para-hydroxylation sites is 2. The maximum absolute atomic E-state index is 5.59. The summed E-state index contributed by atoms with van der Waals surface area (Å²) >= 11 is 0. The summed E-state index contributed by atoms with van der Waals surface area (Å²) in [5.41, 5.74) is 4.04. The minimum absolute atomic E-state index is 0.559. The highest BCUT2D eigenvalue weighted by atomic mass is 15.1. The van der Waals surface area contributed by atoms with Crippen LogP contribution in [0.15, 0.2) is 72.8 Å². The first-order valence-corrected chi connectivity index (χ1v) is 8.67. The zero-order valence-corrected chi connectivity index (χ0v) is 14.5. The first-order valence-electron chi connectivity index (χ1n) is 8.67. The van der Waals surface area contributed by atoms with Gasteiger partial charge in [-0.25, -0.2) is 0 Å². The molecule has 0 atom stereocenters. The molecule has 0 radical (unpaired) electrons. The van der Waals surface area contributed by atoms with Crippen molar-refractivity contribution in [3.05, 3.63) is 84.2 Å². The highest BCUT2D eigenvalue weighted by Gasteiger charge is 2.09. The highest BCUT2D eigenvalue weighted by Crippen LogP contribution is 2.16.